The van der Waals surface area contributed by atoms with E-state index in [1.807, 2.05) is 0 Å². The molecule has 0 aliphatic rings. The predicted octanol–water partition coefficient (Wildman–Crippen LogP) is 2.14. The number of phenols is 1. The molecule has 0 unspecified atom stereocenters. The molecule has 0 amide bonds. The van der Waals surface area contributed by atoms with Crippen LogP contribution in [0.15, 0.2) is 47.3 Å². The van der Waals surface area contributed by atoms with E-state index < -0.39 is 5.56 Å². The molecule has 0 fully saturated rings. The Hall–Kier alpha value is -2.40. The second-order valence-corrected chi connectivity index (χ2v) is 4.39. The molecule has 0 spiro atoms. The van der Waals surface area contributed by atoms with E-state index in [-0.39, 0.29) is 5.75 Å². The molecular formula is C13H8ClN3O2. The number of fused-ring (bicyclic) bond motifs is 1. The van der Waals surface area contributed by atoms with Gasteiger partial charge in [0.05, 0.1) is 10.9 Å². The summed E-state index contributed by atoms with van der Waals surface area (Å²) in [6, 6.07) is 11.6. The lowest BCUT2D eigenvalue weighted by Gasteiger charge is -2.09. The van der Waals surface area contributed by atoms with Crippen molar-refractivity contribution >= 4 is 22.5 Å². The van der Waals surface area contributed by atoms with E-state index in [1.165, 1.54) is 10.7 Å². The average molecular weight is 274 g/mol. The number of rotatable bonds is 1. The normalized spacial score (nSPS) is 10.8. The van der Waals surface area contributed by atoms with Crippen molar-refractivity contribution in [1.82, 2.24) is 15.0 Å². The Morgan fingerprint density at radius 3 is 2.74 bits per heavy atom. The van der Waals surface area contributed by atoms with Crippen LogP contribution in [0.5, 0.6) is 5.75 Å². The molecule has 0 atom stereocenters. The minimum atomic E-state index is -0.402. The van der Waals surface area contributed by atoms with Gasteiger partial charge in [0.25, 0.3) is 5.56 Å². The van der Waals surface area contributed by atoms with Gasteiger partial charge in [-0.3, -0.25) is 4.79 Å². The molecule has 0 aliphatic carbocycles. The number of aromatic nitrogens is 3. The predicted molar refractivity (Wildman–Crippen MR) is 71.8 cm³/mol. The summed E-state index contributed by atoms with van der Waals surface area (Å²) in [5.74, 6) is -0.0318. The van der Waals surface area contributed by atoms with Crippen LogP contribution in [-0.2, 0) is 0 Å². The molecule has 19 heavy (non-hydrogen) atoms. The maximum Gasteiger partial charge on any atom is 0.299 e. The molecule has 1 N–H and O–H groups in total. The zero-order chi connectivity index (χ0) is 13.4. The zero-order valence-electron chi connectivity index (χ0n) is 9.62. The molecule has 2 aromatic carbocycles. The molecule has 0 radical (unpaired) electrons. The highest BCUT2D eigenvalue weighted by atomic mass is 35.5. The van der Waals surface area contributed by atoms with Gasteiger partial charge in [0, 0.05) is 11.1 Å². The van der Waals surface area contributed by atoms with Crippen molar-refractivity contribution in [2.24, 2.45) is 0 Å². The molecular weight excluding hydrogens is 266 g/mol. The van der Waals surface area contributed by atoms with Gasteiger partial charge < -0.3 is 5.11 Å². The van der Waals surface area contributed by atoms with E-state index in [1.54, 1.807) is 36.4 Å². The lowest BCUT2D eigenvalue weighted by atomic mass is 10.2. The SMILES string of the molecule is O=c1nnn(-c2ccc(Cl)cc2O)c2ccccc12. The summed E-state index contributed by atoms with van der Waals surface area (Å²) in [5.41, 5.74) is 0.577. The molecule has 0 saturated carbocycles. The van der Waals surface area contributed by atoms with E-state index in [0.29, 0.717) is 21.6 Å². The van der Waals surface area contributed by atoms with E-state index in [9.17, 15) is 9.90 Å². The number of hydrogen-bond donors (Lipinski definition) is 1. The number of halogens is 1. The third-order valence-corrected chi connectivity index (χ3v) is 2.99. The molecule has 0 aliphatic heterocycles. The van der Waals surface area contributed by atoms with Crippen LogP contribution in [0.2, 0.25) is 5.02 Å². The van der Waals surface area contributed by atoms with Crippen LogP contribution in [0.4, 0.5) is 0 Å². The van der Waals surface area contributed by atoms with E-state index in [4.69, 9.17) is 11.6 Å². The van der Waals surface area contributed by atoms with Crippen molar-refractivity contribution in [3.05, 3.63) is 57.8 Å². The maximum absolute atomic E-state index is 11.6. The van der Waals surface area contributed by atoms with Crippen LogP contribution < -0.4 is 5.56 Å². The standard InChI is InChI=1S/C13H8ClN3O2/c14-8-5-6-11(12(18)7-8)17-10-4-2-1-3-9(10)13(19)15-16-17/h1-7,18H. The maximum atomic E-state index is 11.6. The van der Waals surface area contributed by atoms with E-state index >= 15 is 0 Å². The Balaban J connectivity index is 2.37. The third-order valence-electron chi connectivity index (χ3n) is 2.75. The summed E-state index contributed by atoms with van der Waals surface area (Å²) in [6.07, 6.45) is 0. The van der Waals surface area contributed by atoms with Crippen LogP contribution in [0, 0.1) is 0 Å². The first-order valence-corrected chi connectivity index (χ1v) is 5.88. The number of phenolic OH excluding ortho intramolecular Hbond substituents is 1. The Labute approximate surface area is 112 Å². The summed E-state index contributed by atoms with van der Waals surface area (Å²) in [6.45, 7) is 0. The first-order valence-electron chi connectivity index (χ1n) is 5.50. The highest BCUT2D eigenvalue weighted by Crippen LogP contribution is 2.26. The fourth-order valence-electron chi connectivity index (χ4n) is 1.88. The highest BCUT2D eigenvalue weighted by Gasteiger charge is 2.10. The van der Waals surface area contributed by atoms with Crippen LogP contribution in [0.1, 0.15) is 0 Å². The quantitative estimate of drug-likeness (QED) is 0.737. The molecule has 6 heteroatoms. The van der Waals surface area contributed by atoms with Crippen molar-refractivity contribution in [2.75, 3.05) is 0 Å². The summed E-state index contributed by atoms with van der Waals surface area (Å²) in [7, 11) is 0. The fourth-order valence-corrected chi connectivity index (χ4v) is 2.05. The minimum absolute atomic E-state index is 0.0318. The van der Waals surface area contributed by atoms with Gasteiger partial charge in [0.1, 0.15) is 11.4 Å². The van der Waals surface area contributed by atoms with Gasteiger partial charge in [-0.1, -0.05) is 34.0 Å². The largest absolute Gasteiger partial charge is 0.506 e. The van der Waals surface area contributed by atoms with Gasteiger partial charge in [0.15, 0.2) is 0 Å². The Morgan fingerprint density at radius 1 is 1.16 bits per heavy atom. The molecule has 1 aromatic heterocycles. The number of aromatic hydroxyl groups is 1. The van der Waals surface area contributed by atoms with Crippen molar-refractivity contribution in [3.8, 4) is 11.4 Å². The van der Waals surface area contributed by atoms with Crippen LogP contribution >= 0.6 is 11.6 Å². The summed E-state index contributed by atoms with van der Waals surface area (Å²) >= 11 is 5.79. The van der Waals surface area contributed by atoms with Gasteiger partial charge in [0.2, 0.25) is 0 Å². The molecule has 94 valence electrons. The van der Waals surface area contributed by atoms with Gasteiger partial charge in [-0.05, 0) is 24.3 Å². The van der Waals surface area contributed by atoms with Gasteiger partial charge in [-0.2, -0.15) is 0 Å². The number of para-hydroxylation sites is 1. The van der Waals surface area contributed by atoms with Crippen molar-refractivity contribution in [1.29, 1.82) is 0 Å². The monoisotopic (exact) mass is 273 g/mol. The summed E-state index contributed by atoms with van der Waals surface area (Å²) < 4.78 is 1.41. The molecule has 3 rings (SSSR count). The van der Waals surface area contributed by atoms with Crippen LogP contribution in [-0.4, -0.2) is 20.1 Å². The topological polar surface area (TPSA) is 68.0 Å². The smallest absolute Gasteiger partial charge is 0.299 e. The van der Waals surface area contributed by atoms with E-state index in [0.717, 1.165) is 0 Å². The number of hydrogen-bond acceptors (Lipinski definition) is 4. The lowest BCUT2D eigenvalue weighted by molar-refractivity contribution is 0.469. The fraction of sp³-hybridized carbons (Fsp3) is 0. The number of nitrogens with zero attached hydrogens (tertiary/aromatic N) is 3. The second kappa shape index (κ2) is 4.37. The Morgan fingerprint density at radius 2 is 1.95 bits per heavy atom. The van der Waals surface area contributed by atoms with Crippen LogP contribution in [0.3, 0.4) is 0 Å². The molecule has 0 saturated heterocycles. The second-order valence-electron chi connectivity index (χ2n) is 3.96. The first kappa shape index (κ1) is 11.7. The summed E-state index contributed by atoms with van der Waals surface area (Å²) in [5, 5.41) is 18.2. The lowest BCUT2D eigenvalue weighted by Crippen LogP contribution is -2.15. The Kier molecular flexibility index (Phi) is 2.68. The molecule has 5 nitrogen and oxygen atoms in total. The van der Waals surface area contributed by atoms with Gasteiger partial charge in [-0.25, -0.2) is 4.68 Å². The van der Waals surface area contributed by atoms with Crippen molar-refractivity contribution < 1.29 is 5.11 Å². The van der Waals surface area contributed by atoms with Gasteiger partial charge >= 0.3 is 0 Å². The molecule has 0 bridgehead atoms. The van der Waals surface area contributed by atoms with Crippen molar-refractivity contribution in [3.63, 3.8) is 0 Å². The zero-order valence-corrected chi connectivity index (χ0v) is 10.4. The highest BCUT2D eigenvalue weighted by molar-refractivity contribution is 6.30. The molecule has 1 heterocycles. The van der Waals surface area contributed by atoms with Crippen molar-refractivity contribution in [2.45, 2.75) is 0 Å². The Bertz CT molecular complexity index is 829. The summed E-state index contributed by atoms with van der Waals surface area (Å²) in [4.78, 5) is 11.6. The minimum Gasteiger partial charge on any atom is -0.506 e. The first-order chi connectivity index (χ1) is 9.16. The van der Waals surface area contributed by atoms with Gasteiger partial charge in [-0.15, -0.1) is 0 Å². The third kappa shape index (κ3) is 1.94. The van der Waals surface area contributed by atoms with Crippen LogP contribution in [0.25, 0.3) is 16.6 Å². The molecule has 3 aromatic rings. The number of benzene rings is 2. The van der Waals surface area contributed by atoms with E-state index in [2.05, 4.69) is 10.3 Å². The average Bonchev–Trinajstić information content (AvgIpc) is 2.41.